The van der Waals surface area contributed by atoms with Gasteiger partial charge in [0.15, 0.2) is 0 Å². The third-order valence-corrected chi connectivity index (χ3v) is 5.63. The molecule has 0 radical (unpaired) electrons. The van der Waals surface area contributed by atoms with E-state index in [1.165, 1.54) is 24.1 Å². The molecule has 2 aliphatic heterocycles. The lowest BCUT2D eigenvalue weighted by Gasteiger charge is -2.27. The molecule has 32 heavy (non-hydrogen) atoms. The van der Waals surface area contributed by atoms with E-state index in [0.717, 1.165) is 13.1 Å². The second-order valence-electron chi connectivity index (χ2n) is 7.50. The summed E-state index contributed by atoms with van der Waals surface area (Å²) >= 11 is 0. The van der Waals surface area contributed by atoms with Crippen LogP contribution in [0.15, 0.2) is 36.4 Å². The van der Waals surface area contributed by atoms with E-state index in [9.17, 15) is 14.4 Å². The number of nitrogens with zero attached hydrogens (tertiary/aromatic N) is 2. The summed E-state index contributed by atoms with van der Waals surface area (Å²) in [4.78, 5) is 41.8. The molecule has 2 aromatic carbocycles. The summed E-state index contributed by atoms with van der Waals surface area (Å²) in [6.45, 7) is 3.76. The Morgan fingerprint density at radius 2 is 1.72 bits per heavy atom. The second-order valence-corrected chi connectivity index (χ2v) is 7.50. The van der Waals surface area contributed by atoms with Crippen LogP contribution in [0.2, 0.25) is 0 Å². The van der Waals surface area contributed by atoms with Crippen LogP contribution >= 0.6 is 0 Å². The third kappa shape index (κ3) is 4.30. The van der Waals surface area contributed by atoms with Crippen LogP contribution < -0.4 is 14.8 Å². The third-order valence-electron chi connectivity index (χ3n) is 5.63. The number of benzene rings is 2. The molecule has 3 amide bonds. The molecule has 1 saturated heterocycles. The maximum atomic E-state index is 12.9. The van der Waals surface area contributed by atoms with Gasteiger partial charge in [-0.15, -0.1) is 0 Å². The van der Waals surface area contributed by atoms with E-state index >= 15 is 0 Å². The SMILES string of the molecule is COc1ccc(NC(=O)c2ccc3c(c2)C(=O)N(CCN2CCOCC2)C3=O)c(OC)c1. The van der Waals surface area contributed by atoms with Gasteiger partial charge in [0, 0.05) is 37.8 Å². The monoisotopic (exact) mass is 439 g/mol. The molecular weight excluding hydrogens is 414 g/mol. The number of ether oxygens (including phenoxy) is 3. The van der Waals surface area contributed by atoms with Crippen LogP contribution in [-0.2, 0) is 4.74 Å². The molecule has 9 heteroatoms. The summed E-state index contributed by atoms with van der Waals surface area (Å²) in [6.07, 6.45) is 0. The Hall–Kier alpha value is -3.43. The Morgan fingerprint density at radius 3 is 2.44 bits per heavy atom. The maximum Gasteiger partial charge on any atom is 0.261 e. The highest BCUT2D eigenvalue weighted by atomic mass is 16.5. The van der Waals surface area contributed by atoms with E-state index in [0.29, 0.717) is 49.1 Å². The van der Waals surface area contributed by atoms with Crippen LogP contribution in [0.1, 0.15) is 31.1 Å². The van der Waals surface area contributed by atoms with Gasteiger partial charge in [-0.3, -0.25) is 24.2 Å². The zero-order valence-electron chi connectivity index (χ0n) is 18.1. The van der Waals surface area contributed by atoms with Gasteiger partial charge in [-0.2, -0.15) is 0 Å². The van der Waals surface area contributed by atoms with E-state index in [1.54, 1.807) is 31.4 Å². The number of carbonyl (C=O) groups is 3. The van der Waals surface area contributed by atoms with Gasteiger partial charge in [0.25, 0.3) is 17.7 Å². The van der Waals surface area contributed by atoms with Gasteiger partial charge in [-0.1, -0.05) is 0 Å². The van der Waals surface area contributed by atoms with Crippen molar-refractivity contribution in [3.8, 4) is 11.5 Å². The minimum atomic E-state index is -0.414. The number of nitrogens with one attached hydrogen (secondary N) is 1. The molecule has 2 heterocycles. The fraction of sp³-hybridized carbons (Fsp3) is 0.348. The Bertz CT molecular complexity index is 1050. The molecule has 9 nitrogen and oxygen atoms in total. The van der Waals surface area contributed by atoms with Crippen LogP contribution in [0.4, 0.5) is 5.69 Å². The van der Waals surface area contributed by atoms with Crippen molar-refractivity contribution < 1.29 is 28.6 Å². The van der Waals surface area contributed by atoms with E-state index in [2.05, 4.69) is 10.2 Å². The molecular formula is C23H25N3O6. The highest BCUT2D eigenvalue weighted by Gasteiger charge is 2.36. The van der Waals surface area contributed by atoms with Crippen molar-refractivity contribution in [2.24, 2.45) is 0 Å². The highest BCUT2D eigenvalue weighted by Crippen LogP contribution is 2.30. The summed E-state index contributed by atoms with van der Waals surface area (Å²) < 4.78 is 15.8. The molecule has 0 atom stereocenters. The molecule has 0 spiro atoms. The topological polar surface area (TPSA) is 97.4 Å². The number of fused-ring (bicyclic) bond motifs is 1. The van der Waals surface area contributed by atoms with Crippen LogP contribution in [0.5, 0.6) is 11.5 Å². The Kier molecular flexibility index (Phi) is 6.38. The quantitative estimate of drug-likeness (QED) is 0.658. The van der Waals surface area contributed by atoms with Crippen molar-refractivity contribution >= 4 is 23.4 Å². The number of hydrogen-bond acceptors (Lipinski definition) is 7. The summed E-state index contributed by atoms with van der Waals surface area (Å²) in [5, 5.41) is 2.78. The molecule has 4 rings (SSSR count). The van der Waals surface area contributed by atoms with Crippen LogP contribution in [0.3, 0.4) is 0 Å². The smallest absolute Gasteiger partial charge is 0.261 e. The predicted octanol–water partition coefficient (Wildman–Crippen LogP) is 1.88. The minimum Gasteiger partial charge on any atom is -0.497 e. The van der Waals surface area contributed by atoms with Crippen LogP contribution in [-0.4, -0.2) is 81.1 Å². The minimum absolute atomic E-state index is 0.242. The molecule has 0 aromatic heterocycles. The van der Waals surface area contributed by atoms with Gasteiger partial charge in [0.05, 0.1) is 44.2 Å². The zero-order chi connectivity index (χ0) is 22.7. The summed E-state index contributed by atoms with van der Waals surface area (Å²) in [5.74, 6) is -0.0849. The van der Waals surface area contributed by atoms with Crippen LogP contribution in [0, 0.1) is 0 Å². The standard InChI is InChI=1S/C23H25N3O6/c1-30-16-4-6-19(20(14-16)31-2)24-21(27)15-3-5-17-18(13-15)23(29)26(22(17)28)8-7-25-9-11-32-12-10-25/h3-6,13-14H,7-12H2,1-2H3,(H,24,27). The lowest BCUT2D eigenvalue weighted by molar-refractivity contribution is 0.0325. The van der Waals surface area contributed by atoms with Gasteiger partial charge in [0.2, 0.25) is 0 Å². The number of anilines is 1. The first-order chi connectivity index (χ1) is 15.5. The van der Waals surface area contributed by atoms with Gasteiger partial charge >= 0.3 is 0 Å². The largest absolute Gasteiger partial charge is 0.497 e. The number of rotatable bonds is 7. The fourth-order valence-corrected chi connectivity index (χ4v) is 3.80. The van der Waals surface area contributed by atoms with Crippen molar-refractivity contribution in [2.75, 3.05) is 58.9 Å². The Morgan fingerprint density at radius 1 is 0.969 bits per heavy atom. The number of methoxy groups -OCH3 is 2. The molecule has 0 saturated carbocycles. The molecule has 2 aromatic rings. The van der Waals surface area contributed by atoms with Gasteiger partial charge < -0.3 is 19.5 Å². The van der Waals surface area contributed by atoms with Gasteiger partial charge in [-0.05, 0) is 30.3 Å². The Labute approximate surface area is 185 Å². The highest BCUT2D eigenvalue weighted by molar-refractivity contribution is 6.22. The van der Waals surface area contributed by atoms with Crippen molar-refractivity contribution in [1.29, 1.82) is 0 Å². The Balaban J connectivity index is 1.47. The number of amides is 3. The first kappa shape index (κ1) is 21.8. The normalized spacial score (nSPS) is 16.1. The second kappa shape index (κ2) is 9.37. The van der Waals surface area contributed by atoms with Crippen molar-refractivity contribution in [3.05, 3.63) is 53.1 Å². The first-order valence-electron chi connectivity index (χ1n) is 10.4. The summed E-state index contributed by atoms with van der Waals surface area (Å²) in [7, 11) is 3.04. The number of morpholine rings is 1. The number of carbonyl (C=O) groups excluding carboxylic acids is 3. The molecule has 2 aliphatic rings. The van der Waals surface area contributed by atoms with Crippen molar-refractivity contribution in [3.63, 3.8) is 0 Å². The number of imide groups is 1. The molecule has 168 valence electrons. The molecule has 0 bridgehead atoms. The summed E-state index contributed by atoms with van der Waals surface area (Å²) in [6, 6.07) is 9.58. The lowest BCUT2D eigenvalue weighted by Crippen LogP contribution is -2.42. The summed E-state index contributed by atoms with van der Waals surface area (Å²) in [5.41, 5.74) is 1.30. The van der Waals surface area contributed by atoms with E-state index in [1.807, 2.05) is 0 Å². The first-order valence-corrected chi connectivity index (χ1v) is 10.4. The number of hydrogen-bond donors (Lipinski definition) is 1. The van der Waals surface area contributed by atoms with Crippen LogP contribution in [0.25, 0.3) is 0 Å². The molecule has 0 aliphatic carbocycles. The van der Waals surface area contributed by atoms with E-state index < -0.39 is 5.91 Å². The van der Waals surface area contributed by atoms with Gasteiger partial charge in [-0.25, -0.2) is 0 Å². The maximum absolute atomic E-state index is 12.9. The van der Waals surface area contributed by atoms with Gasteiger partial charge in [0.1, 0.15) is 11.5 Å². The van der Waals surface area contributed by atoms with E-state index in [-0.39, 0.29) is 22.9 Å². The fourth-order valence-electron chi connectivity index (χ4n) is 3.80. The molecule has 1 fully saturated rings. The lowest BCUT2D eigenvalue weighted by atomic mass is 10.1. The molecule has 0 unspecified atom stereocenters. The van der Waals surface area contributed by atoms with E-state index in [4.69, 9.17) is 14.2 Å². The average molecular weight is 439 g/mol. The zero-order valence-corrected chi connectivity index (χ0v) is 18.1. The average Bonchev–Trinajstić information content (AvgIpc) is 3.07. The van der Waals surface area contributed by atoms with Crippen molar-refractivity contribution in [1.82, 2.24) is 9.80 Å². The predicted molar refractivity (Wildman–Crippen MR) is 117 cm³/mol. The molecule has 1 N–H and O–H groups in total. The van der Waals surface area contributed by atoms with Crippen molar-refractivity contribution in [2.45, 2.75) is 0 Å².